The van der Waals surface area contributed by atoms with E-state index in [1.165, 1.54) is 6.92 Å². The van der Waals surface area contributed by atoms with Crippen molar-refractivity contribution in [3.05, 3.63) is 252 Å². The highest BCUT2D eigenvalue weighted by atomic mass is 16.5. The van der Waals surface area contributed by atoms with E-state index in [2.05, 4.69) is 4.74 Å². The molecule has 0 atom stereocenters. The fourth-order valence-corrected chi connectivity index (χ4v) is 4.82. The molecule has 5 nitrogen and oxygen atoms in total. The molecule has 6 rings (SSSR count). The van der Waals surface area contributed by atoms with Crippen molar-refractivity contribution < 1.29 is 23.9 Å². The molecule has 0 aliphatic carbocycles. The number of hydrogen-bond acceptors (Lipinski definition) is 5. The molecule has 0 unspecified atom stereocenters. The second-order valence-electron chi connectivity index (χ2n) is 12.6. The number of allylic oxidation sites excluding steroid dienone is 6. The average molecular weight is 791 g/mol. The van der Waals surface area contributed by atoms with Gasteiger partial charge < -0.3 is 4.74 Å². The van der Waals surface area contributed by atoms with E-state index >= 15 is 0 Å². The molecule has 60 heavy (non-hydrogen) atoms. The maximum absolute atomic E-state index is 11.6. The molecule has 0 heterocycles. The van der Waals surface area contributed by atoms with Crippen molar-refractivity contribution in [1.82, 2.24) is 0 Å². The largest absolute Gasteiger partial charge is 0.466 e. The Kier molecular flexibility index (Phi) is 22.9. The zero-order chi connectivity index (χ0) is 42.9. The van der Waals surface area contributed by atoms with Gasteiger partial charge in [0.1, 0.15) is 0 Å². The van der Waals surface area contributed by atoms with E-state index in [1.54, 1.807) is 43.4 Å². The lowest BCUT2D eigenvalue weighted by Gasteiger charge is -1.91. The summed E-state index contributed by atoms with van der Waals surface area (Å²) in [4.78, 5) is 44.7. The van der Waals surface area contributed by atoms with Crippen LogP contribution in [0.5, 0.6) is 0 Å². The molecule has 0 radical (unpaired) electrons. The van der Waals surface area contributed by atoms with Crippen LogP contribution in [-0.2, 0) is 23.9 Å². The van der Waals surface area contributed by atoms with Crippen molar-refractivity contribution in [3.63, 3.8) is 0 Å². The first-order valence-electron chi connectivity index (χ1n) is 19.4. The summed E-state index contributed by atoms with van der Waals surface area (Å²) in [6.07, 6.45) is 20.4. The number of hydrogen-bond donors (Lipinski definition) is 0. The third-order valence-corrected chi connectivity index (χ3v) is 7.79. The minimum Gasteiger partial charge on any atom is -0.466 e. The second-order valence-corrected chi connectivity index (χ2v) is 12.6. The predicted octanol–water partition coefficient (Wildman–Crippen LogP) is 12.5. The number of ketones is 3. The summed E-state index contributed by atoms with van der Waals surface area (Å²) < 4.78 is 4.40. The van der Waals surface area contributed by atoms with Gasteiger partial charge >= 0.3 is 5.97 Å². The molecule has 0 aliphatic rings. The van der Waals surface area contributed by atoms with E-state index in [9.17, 15) is 19.2 Å². The summed E-state index contributed by atoms with van der Waals surface area (Å²) in [6, 6.07) is 58.7. The fraction of sp³-hybridized carbons (Fsp3) is 0.0545. The van der Waals surface area contributed by atoms with Gasteiger partial charge in [0.15, 0.2) is 17.3 Å². The monoisotopic (exact) mass is 790 g/mol. The topological polar surface area (TPSA) is 77.5 Å². The van der Waals surface area contributed by atoms with Crippen LogP contribution in [0, 0.1) is 0 Å². The molecular formula is C55H50O5. The maximum atomic E-state index is 11.6. The van der Waals surface area contributed by atoms with Crippen molar-refractivity contribution in [2.45, 2.75) is 13.8 Å². The maximum Gasteiger partial charge on any atom is 0.302 e. The number of rotatable bonds is 13. The highest BCUT2D eigenvalue weighted by Crippen LogP contribution is 2.06. The second kappa shape index (κ2) is 29.5. The SMILES string of the molecule is CCOC(C)=O.O=C(C=Cc1ccccc1)C=Cc1ccccc1.O=C(C=Cc1ccccc1)C=Cc1ccccc1.O=C(C=Cc1ccccc1)C=Cc1ccccc1. The highest BCUT2D eigenvalue weighted by molar-refractivity contribution is 6.05. The van der Waals surface area contributed by atoms with Crippen LogP contribution in [0.2, 0.25) is 0 Å². The third kappa shape index (κ3) is 22.7. The number of carbonyl (C=O) groups is 4. The molecule has 0 saturated carbocycles. The van der Waals surface area contributed by atoms with Crippen LogP contribution in [0.15, 0.2) is 218 Å². The average Bonchev–Trinajstić information content (AvgIpc) is 3.30. The fourth-order valence-electron chi connectivity index (χ4n) is 4.82. The van der Waals surface area contributed by atoms with E-state index in [0.29, 0.717) is 6.61 Å². The van der Waals surface area contributed by atoms with E-state index in [1.807, 2.05) is 218 Å². The van der Waals surface area contributed by atoms with Gasteiger partial charge in [-0.15, -0.1) is 0 Å². The minimum absolute atomic E-state index is 0.0114. The molecule has 0 amide bonds. The van der Waals surface area contributed by atoms with Crippen LogP contribution < -0.4 is 0 Å². The molecule has 300 valence electrons. The number of carbonyl (C=O) groups excluding carboxylic acids is 4. The normalized spacial score (nSPS) is 10.8. The summed E-state index contributed by atoms with van der Waals surface area (Å²) in [7, 11) is 0. The Morgan fingerprint density at radius 1 is 0.333 bits per heavy atom. The number of esters is 1. The van der Waals surface area contributed by atoms with Crippen LogP contribution in [0.4, 0.5) is 0 Å². The van der Waals surface area contributed by atoms with Gasteiger partial charge in [-0.3, -0.25) is 19.2 Å². The minimum atomic E-state index is -0.211. The van der Waals surface area contributed by atoms with Crippen molar-refractivity contribution >= 4 is 59.8 Å². The van der Waals surface area contributed by atoms with E-state index in [0.717, 1.165) is 33.4 Å². The number of benzene rings is 6. The first-order chi connectivity index (χ1) is 29.3. The van der Waals surface area contributed by atoms with Gasteiger partial charge in [-0.05, 0) is 76.8 Å². The third-order valence-electron chi connectivity index (χ3n) is 7.79. The van der Waals surface area contributed by atoms with E-state index < -0.39 is 0 Å². The summed E-state index contributed by atoms with van der Waals surface area (Å²) in [6.45, 7) is 3.65. The lowest BCUT2D eigenvalue weighted by Crippen LogP contribution is -1.95. The van der Waals surface area contributed by atoms with Crippen LogP contribution in [-0.4, -0.2) is 29.9 Å². The van der Waals surface area contributed by atoms with Crippen molar-refractivity contribution in [2.75, 3.05) is 6.61 Å². The van der Waals surface area contributed by atoms with E-state index in [-0.39, 0.29) is 23.3 Å². The zero-order valence-corrected chi connectivity index (χ0v) is 34.0. The Balaban J connectivity index is 0.000000225. The van der Waals surface area contributed by atoms with E-state index in [4.69, 9.17) is 0 Å². The molecule has 5 heteroatoms. The quantitative estimate of drug-likeness (QED) is 0.0860. The molecule has 0 saturated heterocycles. The Morgan fingerprint density at radius 2 is 0.500 bits per heavy atom. The molecule has 6 aromatic carbocycles. The summed E-state index contributed by atoms with van der Waals surface area (Å²) >= 11 is 0. The Bertz CT molecular complexity index is 1900. The van der Waals surface area contributed by atoms with Crippen molar-refractivity contribution in [2.24, 2.45) is 0 Å². The summed E-state index contributed by atoms with van der Waals surface area (Å²) in [5.74, 6) is -0.245. The number of ether oxygens (including phenoxy) is 1. The smallest absolute Gasteiger partial charge is 0.302 e. The van der Waals surface area contributed by atoms with Gasteiger partial charge in [-0.2, -0.15) is 0 Å². The van der Waals surface area contributed by atoms with Gasteiger partial charge in [-0.1, -0.05) is 218 Å². The van der Waals surface area contributed by atoms with Crippen LogP contribution in [0.25, 0.3) is 36.5 Å². The van der Waals surface area contributed by atoms with Crippen LogP contribution >= 0.6 is 0 Å². The molecule has 0 bridgehead atoms. The van der Waals surface area contributed by atoms with Crippen molar-refractivity contribution in [3.8, 4) is 0 Å². The molecular weight excluding hydrogens is 741 g/mol. The lowest BCUT2D eigenvalue weighted by molar-refractivity contribution is -0.140. The Hall–Kier alpha value is -7.76. The van der Waals surface area contributed by atoms with Gasteiger partial charge in [0.25, 0.3) is 0 Å². The molecule has 0 aliphatic heterocycles. The predicted molar refractivity (Wildman–Crippen MR) is 250 cm³/mol. The molecule has 6 aromatic rings. The summed E-state index contributed by atoms with van der Waals surface area (Å²) in [5, 5.41) is 0. The molecule has 0 aromatic heterocycles. The first-order valence-corrected chi connectivity index (χ1v) is 19.4. The van der Waals surface area contributed by atoms with Crippen molar-refractivity contribution in [1.29, 1.82) is 0 Å². The lowest BCUT2D eigenvalue weighted by atomic mass is 10.1. The molecule has 0 N–H and O–H groups in total. The Morgan fingerprint density at radius 3 is 0.617 bits per heavy atom. The van der Waals surface area contributed by atoms with Gasteiger partial charge in [0.05, 0.1) is 6.61 Å². The van der Waals surface area contributed by atoms with Crippen LogP contribution in [0.1, 0.15) is 47.2 Å². The molecule has 0 fully saturated rings. The summed E-state index contributed by atoms with van der Waals surface area (Å²) in [5.41, 5.74) is 6.16. The Labute approximate surface area is 354 Å². The first kappa shape index (κ1) is 46.6. The zero-order valence-electron chi connectivity index (χ0n) is 34.0. The van der Waals surface area contributed by atoms with Gasteiger partial charge in [0.2, 0.25) is 0 Å². The van der Waals surface area contributed by atoms with Gasteiger partial charge in [-0.25, -0.2) is 0 Å². The van der Waals surface area contributed by atoms with Crippen LogP contribution in [0.3, 0.4) is 0 Å². The standard InChI is InChI=1S/3C17H14O.C4H8O2/c3*18-17(13-11-15-7-3-1-4-8-15)14-12-16-9-5-2-6-10-16;1-3-6-4(2)5/h3*1-14H;3H2,1-2H3. The van der Waals surface area contributed by atoms with Gasteiger partial charge in [0, 0.05) is 6.92 Å². The molecule has 0 spiro atoms. The highest BCUT2D eigenvalue weighted by Gasteiger charge is 1.93.